The summed E-state index contributed by atoms with van der Waals surface area (Å²) in [4.78, 5) is 28.6. The lowest BCUT2D eigenvalue weighted by molar-refractivity contribution is 0.198. The Bertz CT molecular complexity index is 1490. The van der Waals surface area contributed by atoms with Crippen LogP contribution in [0.1, 0.15) is 31.2 Å². The number of amides is 2. The van der Waals surface area contributed by atoms with E-state index < -0.39 is 5.54 Å². The van der Waals surface area contributed by atoms with Crippen LogP contribution < -0.4 is 10.2 Å². The number of aromatic nitrogens is 5. The molecule has 2 aliphatic heterocycles. The molecule has 2 fully saturated rings. The largest absolute Gasteiger partial charge is 0.366 e. The van der Waals surface area contributed by atoms with E-state index >= 15 is 0 Å². The summed E-state index contributed by atoms with van der Waals surface area (Å²) in [5.41, 5.74) is 5.00. The van der Waals surface area contributed by atoms with E-state index in [0.717, 1.165) is 65.2 Å². The van der Waals surface area contributed by atoms with Crippen molar-refractivity contribution in [1.82, 2.24) is 29.6 Å². The van der Waals surface area contributed by atoms with Gasteiger partial charge in [-0.15, -0.1) is 0 Å². The highest BCUT2D eigenvalue weighted by Gasteiger charge is 2.45. The third kappa shape index (κ3) is 4.16. The molecule has 5 heterocycles. The van der Waals surface area contributed by atoms with Gasteiger partial charge in [0.15, 0.2) is 0 Å². The Kier molecular flexibility index (Phi) is 5.75. The van der Waals surface area contributed by atoms with E-state index in [9.17, 15) is 10.1 Å². The van der Waals surface area contributed by atoms with Crippen LogP contribution in [0.5, 0.6) is 0 Å². The van der Waals surface area contributed by atoms with Gasteiger partial charge in [0, 0.05) is 60.9 Å². The van der Waals surface area contributed by atoms with Gasteiger partial charge in [-0.25, -0.2) is 14.8 Å². The van der Waals surface area contributed by atoms with Crippen LogP contribution in [0, 0.1) is 18.3 Å². The van der Waals surface area contributed by atoms with Crippen molar-refractivity contribution >= 4 is 28.4 Å². The standard InChI is InChI=1S/C27H29N9O/c1-19-13-21(5-6-23(19)33-26(37)34-11-3-2-4-12-34)35-16-27(17-35,8-9-28)36-15-20(14-32-36)24-22-7-10-29-25(22)31-18-30-24/h5-7,10,13-15,18H,2-4,8,11-12,16-17H2,1H3,(H,33,37)(H,29,30,31). The number of hydrogen-bond donors (Lipinski definition) is 2. The number of aromatic amines is 1. The summed E-state index contributed by atoms with van der Waals surface area (Å²) in [6.07, 6.45) is 10.9. The Morgan fingerprint density at radius 1 is 1.19 bits per heavy atom. The third-order valence-electron chi connectivity index (χ3n) is 7.53. The number of fused-ring (bicyclic) bond motifs is 1. The molecule has 3 aromatic heterocycles. The molecule has 2 saturated heterocycles. The highest BCUT2D eigenvalue weighted by atomic mass is 16.2. The van der Waals surface area contributed by atoms with Crippen molar-refractivity contribution in [2.24, 2.45) is 0 Å². The van der Waals surface area contributed by atoms with E-state index in [1.165, 1.54) is 6.42 Å². The summed E-state index contributed by atoms with van der Waals surface area (Å²) in [5.74, 6) is 0. The predicted molar refractivity (Wildman–Crippen MR) is 141 cm³/mol. The van der Waals surface area contributed by atoms with Gasteiger partial charge in [-0.3, -0.25) is 4.68 Å². The molecular weight excluding hydrogens is 466 g/mol. The number of hydrogen-bond acceptors (Lipinski definition) is 6. The number of piperidine rings is 1. The van der Waals surface area contributed by atoms with Crippen molar-refractivity contribution in [3.8, 4) is 17.3 Å². The highest BCUT2D eigenvalue weighted by Crippen LogP contribution is 2.38. The molecule has 37 heavy (non-hydrogen) atoms. The van der Waals surface area contributed by atoms with Crippen LogP contribution >= 0.6 is 0 Å². The third-order valence-corrected chi connectivity index (χ3v) is 7.53. The number of benzene rings is 1. The van der Waals surface area contributed by atoms with Gasteiger partial charge < -0.3 is 20.1 Å². The Hall–Kier alpha value is -4.39. The summed E-state index contributed by atoms with van der Waals surface area (Å²) in [6, 6.07) is 10.4. The topological polar surface area (TPSA) is 119 Å². The minimum Gasteiger partial charge on any atom is -0.366 e. The van der Waals surface area contributed by atoms with E-state index in [0.29, 0.717) is 19.5 Å². The Labute approximate surface area is 214 Å². The molecule has 10 heteroatoms. The number of carbonyl (C=O) groups is 1. The Morgan fingerprint density at radius 2 is 2.03 bits per heavy atom. The lowest BCUT2D eigenvalue weighted by Gasteiger charge is -2.50. The zero-order valence-electron chi connectivity index (χ0n) is 20.8. The van der Waals surface area contributed by atoms with Crippen LogP contribution in [0.3, 0.4) is 0 Å². The van der Waals surface area contributed by atoms with E-state index in [1.807, 2.05) is 47.1 Å². The molecule has 0 unspecified atom stereocenters. The second kappa shape index (κ2) is 9.24. The number of aryl methyl sites for hydroxylation is 1. The maximum Gasteiger partial charge on any atom is 0.321 e. The van der Waals surface area contributed by atoms with Gasteiger partial charge in [-0.05, 0) is 56.0 Å². The molecule has 1 aromatic carbocycles. The van der Waals surface area contributed by atoms with E-state index in [2.05, 4.69) is 42.4 Å². The Balaban J connectivity index is 1.18. The fraction of sp³-hybridized carbons (Fsp3) is 0.370. The minimum absolute atomic E-state index is 0.0253. The second-order valence-corrected chi connectivity index (χ2v) is 10.0. The van der Waals surface area contributed by atoms with Gasteiger partial charge in [-0.1, -0.05) is 0 Å². The summed E-state index contributed by atoms with van der Waals surface area (Å²) >= 11 is 0. The van der Waals surface area contributed by atoms with Crippen molar-refractivity contribution in [3.05, 3.63) is 54.7 Å². The molecule has 2 N–H and O–H groups in total. The van der Waals surface area contributed by atoms with Crippen molar-refractivity contribution in [1.29, 1.82) is 5.26 Å². The molecule has 2 aliphatic rings. The van der Waals surface area contributed by atoms with Gasteiger partial charge in [0.1, 0.15) is 17.5 Å². The second-order valence-electron chi connectivity index (χ2n) is 10.0. The normalized spacial score (nSPS) is 16.9. The van der Waals surface area contributed by atoms with Gasteiger partial charge in [-0.2, -0.15) is 10.4 Å². The molecule has 0 saturated carbocycles. The maximum absolute atomic E-state index is 12.6. The average molecular weight is 496 g/mol. The summed E-state index contributed by atoms with van der Waals surface area (Å²) in [7, 11) is 0. The number of nitrogens with zero attached hydrogens (tertiary/aromatic N) is 7. The summed E-state index contributed by atoms with van der Waals surface area (Å²) in [6.45, 7) is 5.00. The Morgan fingerprint density at radius 3 is 2.81 bits per heavy atom. The van der Waals surface area contributed by atoms with Crippen LogP contribution in [0.25, 0.3) is 22.3 Å². The molecule has 0 spiro atoms. The molecule has 6 rings (SSSR count). The molecule has 2 amide bonds. The molecular formula is C27H29N9O. The molecule has 0 radical (unpaired) electrons. The molecule has 0 atom stereocenters. The molecule has 0 bridgehead atoms. The minimum atomic E-state index is -0.410. The van der Waals surface area contributed by atoms with Crippen LogP contribution in [0.4, 0.5) is 16.2 Å². The smallest absolute Gasteiger partial charge is 0.321 e. The lowest BCUT2D eigenvalue weighted by Crippen LogP contribution is -2.63. The SMILES string of the molecule is Cc1cc(N2CC(CC#N)(n3cc(-c4ncnc5[nH]ccc45)cn3)C2)ccc1NC(=O)N1CCCCC1. The molecule has 10 nitrogen and oxygen atoms in total. The predicted octanol–water partition coefficient (Wildman–Crippen LogP) is 4.28. The van der Waals surface area contributed by atoms with Crippen LogP contribution in [-0.4, -0.2) is 61.8 Å². The monoisotopic (exact) mass is 495 g/mol. The first-order chi connectivity index (χ1) is 18.1. The summed E-state index contributed by atoms with van der Waals surface area (Å²) < 4.78 is 1.92. The molecule has 188 valence electrons. The number of urea groups is 1. The zero-order chi connectivity index (χ0) is 25.4. The van der Waals surface area contributed by atoms with Crippen molar-refractivity contribution in [2.75, 3.05) is 36.4 Å². The summed E-state index contributed by atoms with van der Waals surface area (Å²) in [5, 5.41) is 18.3. The first kappa shape index (κ1) is 23.0. The van der Waals surface area contributed by atoms with Crippen molar-refractivity contribution in [3.63, 3.8) is 0 Å². The number of nitrogens with one attached hydrogen (secondary N) is 2. The quantitative estimate of drug-likeness (QED) is 0.427. The first-order valence-corrected chi connectivity index (χ1v) is 12.7. The number of rotatable bonds is 5. The number of anilines is 2. The van der Waals surface area contributed by atoms with E-state index in [-0.39, 0.29) is 6.03 Å². The van der Waals surface area contributed by atoms with Gasteiger partial charge in [0.25, 0.3) is 0 Å². The van der Waals surface area contributed by atoms with Crippen molar-refractivity contribution < 1.29 is 4.79 Å². The lowest BCUT2D eigenvalue weighted by atomic mass is 9.86. The van der Waals surface area contributed by atoms with Crippen LogP contribution in [0.15, 0.2) is 49.2 Å². The maximum atomic E-state index is 12.6. The molecule has 4 aromatic rings. The van der Waals surface area contributed by atoms with Gasteiger partial charge in [0.2, 0.25) is 0 Å². The number of carbonyl (C=O) groups excluding carboxylic acids is 1. The molecule has 0 aliphatic carbocycles. The van der Waals surface area contributed by atoms with Gasteiger partial charge in [0.05, 0.1) is 24.4 Å². The van der Waals surface area contributed by atoms with Gasteiger partial charge >= 0.3 is 6.03 Å². The number of likely N-dealkylation sites (tertiary alicyclic amines) is 1. The zero-order valence-corrected chi connectivity index (χ0v) is 20.8. The average Bonchev–Trinajstić information content (AvgIpc) is 3.58. The van der Waals surface area contributed by atoms with Crippen LogP contribution in [0.2, 0.25) is 0 Å². The fourth-order valence-corrected chi connectivity index (χ4v) is 5.41. The van der Waals surface area contributed by atoms with Crippen LogP contribution in [-0.2, 0) is 5.54 Å². The van der Waals surface area contributed by atoms with Crippen molar-refractivity contribution in [2.45, 2.75) is 38.1 Å². The van der Waals surface area contributed by atoms with E-state index in [4.69, 9.17) is 0 Å². The number of nitriles is 1. The number of H-pyrrole nitrogens is 1. The van der Waals surface area contributed by atoms with E-state index in [1.54, 1.807) is 12.5 Å². The highest BCUT2D eigenvalue weighted by molar-refractivity contribution is 5.91. The fourth-order valence-electron chi connectivity index (χ4n) is 5.41. The first-order valence-electron chi connectivity index (χ1n) is 12.7.